The van der Waals surface area contributed by atoms with Crippen LogP contribution in [-0.2, 0) is 17.9 Å². The predicted octanol–water partition coefficient (Wildman–Crippen LogP) is 3.16. The summed E-state index contributed by atoms with van der Waals surface area (Å²) in [6.45, 7) is 1.94. The lowest BCUT2D eigenvalue weighted by molar-refractivity contribution is -0.116. The summed E-state index contributed by atoms with van der Waals surface area (Å²) < 4.78 is 2.40. The van der Waals surface area contributed by atoms with E-state index in [1.165, 1.54) is 16.8 Å². The van der Waals surface area contributed by atoms with Crippen molar-refractivity contribution in [1.29, 1.82) is 0 Å². The van der Waals surface area contributed by atoms with Crippen molar-refractivity contribution in [2.24, 2.45) is 0 Å². The van der Waals surface area contributed by atoms with Crippen LogP contribution in [0.15, 0.2) is 88.6 Å². The van der Waals surface area contributed by atoms with Gasteiger partial charge in [-0.2, -0.15) is 0 Å². The molecule has 0 unspecified atom stereocenters. The van der Waals surface area contributed by atoms with Crippen molar-refractivity contribution in [1.82, 2.24) is 9.13 Å². The van der Waals surface area contributed by atoms with E-state index in [0.717, 1.165) is 26.5 Å². The molecule has 3 aromatic carbocycles. The smallest absolute Gasteiger partial charge is 0.324 e. The van der Waals surface area contributed by atoms with Gasteiger partial charge in [0.2, 0.25) is 5.91 Å². The molecule has 0 aliphatic rings. The Morgan fingerprint density at radius 3 is 2.47 bits per heavy atom. The summed E-state index contributed by atoms with van der Waals surface area (Å²) in [5.41, 5.74) is 1.65. The standard InChI is InChI=1S/C24H21N3O3/c1-17-7-2-3-9-19(17)15-26-14-13-23(29)27(24(26)30)16-22(28)25-21-12-6-10-18-8-4-5-11-20(18)21/h2-14H,15-16H2,1H3,(H,25,28). The van der Waals surface area contributed by atoms with Gasteiger partial charge in [0, 0.05) is 23.3 Å². The molecular weight excluding hydrogens is 378 g/mol. The first-order valence-electron chi connectivity index (χ1n) is 9.65. The molecular formula is C24H21N3O3. The van der Waals surface area contributed by atoms with E-state index in [1.807, 2.05) is 67.6 Å². The van der Waals surface area contributed by atoms with Gasteiger partial charge in [0.05, 0.1) is 6.54 Å². The molecule has 0 aliphatic carbocycles. The molecule has 30 heavy (non-hydrogen) atoms. The molecule has 4 rings (SSSR count). The molecule has 0 saturated carbocycles. The third kappa shape index (κ3) is 3.93. The van der Waals surface area contributed by atoms with Crippen molar-refractivity contribution in [3.63, 3.8) is 0 Å². The summed E-state index contributed by atoms with van der Waals surface area (Å²) in [6, 6.07) is 22.3. The molecule has 0 radical (unpaired) electrons. The van der Waals surface area contributed by atoms with Crippen LogP contribution < -0.4 is 16.6 Å². The summed E-state index contributed by atoms with van der Waals surface area (Å²) in [5.74, 6) is -0.431. The average Bonchev–Trinajstić information content (AvgIpc) is 2.75. The Labute approximate surface area is 173 Å². The number of aryl methyl sites for hydroxylation is 1. The summed E-state index contributed by atoms with van der Waals surface area (Å²) in [6.07, 6.45) is 1.47. The molecule has 6 heteroatoms. The lowest BCUT2D eigenvalue weighted by atomic mass is 10.1. The second-order valence-corrected chi connectivity index (χ2v) is 7.15. The molecule has 0 bridgehead atoms. The van der Waals surface area contributed by atoms with Gasteiger partial charge in [0.15, 0.2) is 0 Å². The Bertz CT molecular complexity index is 1350. The third-order valence-electron chi connectivity index (χ3n) is 5.11. The SMILES string of the molecule is Cc1ccccc1Cn1ccc(=O)n(CC(=O)Nc2cccc3ccccc23)c1=O. The maximum atomic E-state index is 12.9. The summed E-state index contributed by atoms with van der Waals surface area (Å²) in [7, 11) is 0. The molecule has 150 valence electrons. The van der Waals surface area contributed by atoms with Crippen LogP contribution in [0, 0.1) is 6.92 Å². The monoisotopic (exact) mass is 399 g/mol. The Kier molecular flexibility index (Phi) is 5.30. The first-order valence-corrected chi connectivity index (χ1v) is 9.65. The molecule has 0 saturated heterocycles. The Hall–Kier alpha value is -3.93. The third-order valence-corrected chi connectivity index (χ3v) is 5.11. The van der Waals surface area contributed by atoms with Crippen molar-refractivity contribution in [3.8, 4) is 0 Å². The van der Waals surface area contributed by atoms with Gasteiger partial charge in [-0.3, -0.25) is 18.7 Å². The van der Waals surface area contributed by atoms with E-state index in [1.54, 1.807) is 6.07 Å². The lowest BCUT2D eigenvalue weighted by Gasteiger charge is -2.12. The molecule has 0 fully saturated rings. The van der Waals surface area contributed by atoms with Crippen molar-refractivity contribution in [2.45, 2.75) is 20.0 Å². The maximum absolute atomic E-state index is 12.9. The molecule has 1 heterocycles. The largest absolute Gasteiger partial charge is 0.331 e. The van der Waals surface area contributed by atoms with Gasteiger partial charge < -0.3 is 5.32 Å². The number of hydrogen-bond donors (Lipinski definition) is 1. The zero-order chi connectivity index (χ0) is 21.1. The zero-order valence-corrected chi connectivity index (χ0v) is 16.5. The number of aromatic nitrogens is 2. The van der Waals surface area contributed by atoms with Crippen LogP contribution in [0.2, 0.25) is 0 Å². The highest BCUT2D eigenvalue weighted by Gasteiger charge is 2.12. The van der Waals surface area contributed by atoms with Crippen LogP contribution in [0.3, 0.4) is 0 Å². The lowest BCUT2D eigenvalue weighted by Crippen LogP contribution is -2.41. The molecule has 1 amide bonds. The van der Waals surface area contributed by atoms with Gasteiger partial charge in [0.25, 0.3) is 5.56 Å². The van der Waals surface area contributed by atoms with Crippen LogP contribution in [0.1, 0.15) is 11.1 Å². The van der Waals surface area contributed by atoms with Crippen LogP contribution in [-0.4, -0.2) is 15.0 Å². The predicted molar refractivity (Wildman–Crippen MR) is 118 cm³/mol. The van der Waals surface area contributed by atoms with Crippen LogP contribution in [0.4, 0.5) is 5.69 Å². The minimum absolute atomic E-state index is 0.330. The van der Waals surface area contributed by atoms with Crippen molar-refractivity contribution >= 4 is 22.4 Å². The molecule has 0 atom stereocenters. The first kappa shape index (κ1) is 19.4. The number of carbonyl (C=O) groups is 1. The van der Waals surface area contributed by atoms with Crippen molar-refractivity contribution < 1.29 is 4.79 Å². The fourth-order valence-electron chi connectivity index (χ4n) is 3.46. The molecule has 1 aromatic heterocycles. The highest BCUT2D eigenvalue weighted by Crippen LogP contribution is 2.22. The second kappa shape index (κ2) is 8.21. The molecule has 0 spiro atoms. The average molecular weight is 399 g/mol. The van der Waals surface area contributed by atoms with E-state index in [0.29, 0.717) is 12.2 Å². The van der Waals surface area contributed by atoms with Crippen LogP contribution >= 0.6 is 0 Å². The number of fused-ring (bicyclic) bond motifs is 1. The highest BCUT2D eigenvalue weighted by molar-refractivity contribution is 6.01. The van der Waals surface area contributed by atoms with Crippen molar-refractivity contribution in [2.75, 3.05) is 5.32 Å². The number of anilines is 1. The number of amides is 1. The molecule has 6 nitrogen and oxygen atoms in total. The minimum atomic E-state index is -0.515. The van der Waals surface area contributed by atoms with Gasteiger partial charge in [0.1, 0.15) is 6.54 Å². The van der Waals surface area contributed by atoms with Gasteiger partial charge in [-0.15, -0.1) is 0 Å². The molecule has 0 aliphatic heterocycles. The van der Waals surface area contributed by atoms with Gasteiger partial charge in [-0.05, 0) is 29.5 Å². The fraction of sp³-hybridized carbons (Fsp3) is 0.125. The highest BCUT2D eigenvalue weighted by atomic mass is 16.2. The van der Waals surface area contributed by atoms with Crippen LogP contribution in [0.5, 0.6) is 0 Å². The number of rotatable bonds is 5. The van der Waals surface area contributed by atoms with Gasteiger partial charge >= 0.3 is 5.69 Å². The Morgan fingerprint density at radius 2 is 1.63 bits per heavy atom. The second-order valence-electron chi connectivity index (χ2n) is 7.15. The van der Waals surface area contributed by atoms with E-state index in [4.69, 9.17) is 0 Å². The fourth-order valence-corrected chi connectivity index (χ4v) is 3.46. The number of hydrogen-bond acceptors (Lipinski definition) is 3. The van der Waals surface area contributed by atoms with E-state index in [2.05, 4.69) is 5.32 Å². The number of nitrogens with zero attached hydrogens (tertiary/aromatic N) is 2. The quantitative estimate of drug-likeness (QED) is 0.560. The van der Waals surface area contributed by atoms with E-state index in [9.17, 15) is 14.4 Å². The van der Waals surface area contributed by atoms with E-state index >= 15 is 0 Å². The number of nitrogens with one attached hydrogen (secondary N) is 1. The summed E-state index contributed by atoms with van der Waals surface area (Å²) in [4.78, 5) is 37.8. The number of benzene rings is 3. The topological polar surface area (TPSA) is 73.1 Å². The Morgan fingerprint density at radius 1 is 0.900 bits per heavy atom. The summed E-state index contributed by atoms with van der Waals surface area (Å²) >= 11 is 0. The van der Waals surface area contributed by atoms with Gasteiger partial charge in [-0.25, -0.2) is 4.79 Å². The maximum Gasteiger partial charge on any atom is 0.331 e. The van der Waals surface area contributed by atoms with Crippen molar-refractivity contribution in [3.05, 3.63) is 111 Å². The van der Waals surface area contributed by atoms with E-state index in [-0.39, 0.29) is 6.54 Å². The number of carbonyl (C=O) groups excluding carboxylic acids is 1. The van der Waals surface area contributed by atoms with Crippen LogP contribution in [0.25, 0.3) is 10.8 Å². The molecule has 1 N–H and O–H groups in total. The zero-order valence-electron chi connectivity index (χ0n) is 16.5. The van der Waals surface area contributed by atoms with Gasteiger partial charge in [-0.1, -0.05) is 60.7 Å². The summed E-state index contributed by atoms with van der Waals surface area (Å²) in [5, 5.41) is 4.71. The molecule has 4 aromatic rings. The minimum Gasteiger partial charge on any atom is -0.324 e. The normalized spacial score (nSPS) is 10.8. The first-order chi connectivity index (χ1) is 14.5. The Balaban J connectivity index is 1.60. The van der Waals surface area contributed by atoms with E-state index < -0.39 is 17.2 Å².